The van der Waals surface area contributed by atoms with Gasteiger partial charge in [-0.05, 0) is 24.3 Å². The van der Waals surface area contributed by atoms with Crippen LogP contribution in [-0.4, -0.2) is 31.6 Å². The SMILES string of the molecule is O=C(NNC(=O)c1nc(-c2ccccc2)n(-c2ccccc2)n1)c1ccccn1. The molecule has 2 aromatic carbocycles. The van der Waals surface area contributed by atoms with Gasteiger partial charge in [0.25, 0.3) is 5.91 Å². The molecule has 0 bridgehead atoms. The van der Waals surface area contributed by atoms with Crippen LogP contribution in [0, 0.1) is 0 Å². The van der Waals surface area contributed by atoms with E-state index in [9.17, 15) is 9.59 Å². The standard InChI is InChI=1S/C21H16N6O2/c28-20(17-13-7-8-14-22-17)24-25-21(29)18-23-19(15-9-3-1-4-10-15)27(26-18)16-11-5-2-6-12-16/h1-14H,(H,24,28)(H,25,29). The Morgan fingerprint density at radius 1 is 0.759 bits per heavy atom. The Morgan fingerprint density at radius 2 is 1.41 bits per heavy atom. The zero-order chi connectivity index (χ0) is 20.1. The maximum atomic E-state index is 12.5. The number of aromatic nitrogens is 4. The molecule has 0 radical (unpaired) electrons. The van der Waals surface area contributed by atoms with Gasteiger partial charge in [0.1, 0.15) is 5.69 Å². The third-order valence-electron chi connectivity index (χ3n) is 4.03. The summed E-state index contributed by atoms with van der Waals surface area (Å²) in [4.78, 5) is 32.9. The zero-order valence-electron chi connectivity index (χ0n) is 15.2. The molecule has 0 aliphatic heterocycles. The van der Waals surface area contributed by atoms with E-state index >= 15 is 0 Å². The average molecular weight is 384 g/mol. The van der Waals surface area contributed by atoms with E-state index in [4.69, 9.17) is 0 Å². The number of para-hydroxylation sites is 1. The maximum Gasteiger partial charge on any atom is 0.309 e. The molecule has 4 rings (SSSR count). The Hall–Kier alpha value is -4.33. The molecule has 0 unspecified atom stereocenters. The number of rotatable bonds is 4. The van der Waals surface area contributed by atoms with Crippen molar-refractivity contribution in [2.24, 2.45) is 0 Å². The highest BCUT2D eigenvalue weighted by molar-refractivity contribution is 5.96. The predicted octanol–water partition coefficient (Wildman–Crippen LogP) is 2.40. The van der Waals surface area contributed by atoms with Gasteiger partial charge < -0.3 is 0 Å². The fourth-order valence-electron chi connectivity index (χ4n) is 2.66. The van der Waals surface area contributed by atoms with Crippen LogP contribution in [0.25, 0.3) is 17.1 Å². The van der Waals surface area contributed by atoms with Crippen molar-refractivity contribution >= 4 is 11.8 Å². The third-order valence-corrected chi connectivity index (χ3v) is 4.03. The number of amides is 2. The van der Waals surface area contributed by atoms with E-state index < -0.39 is 11.8 Å². The Balaban J connectivity index is 1.60. The van der Waals surface area contributed by atoms with E-state index in [0.29, 0.717) is 5.82 Å². The quantitative estimate of drug-likeness (QED) is 0.526. The van der Waals surface area contributed by atoms with Crippen LogP contribution in [-0.2, 0) is 0 Å². The molecule has 2 aromatic heterocycles. The van der Waals surface area contributed by atoms with Crippen molar-refractivity contribution in [2.75, 3.05) is 0 Å². The molecule has 8 nitrogen and oxygen atoms in total. The summed E-state index contributed by atoms with van der Waals surface area (Å²) in [6.07, 6.45) is 1.49. The molecular formula is C21H16N6O2. The molecule has 2 N–H and O–H groups in total. The molecule has 0 saturated carbocycles. The highest BCUT2D eigenvalue weighted by Crippen LogP contribution is 2.20. The van der Waals surface area contributed by atoms with Gasteiger partial charge in [0.05, 0.1) is 5.69 Å². The molecule has 0 spiro atoms. The minimum Gasteiger partial charge on any atom is -0.266 e. The van der Waals surface area contributed by atoms with Crippen molar-refractivity contribution < 1.29 is 9.59 Å². The molecule has 2 amide bonds. The Bertz CT molecular complexity index is 1070. The summed E-state index contributed by atoms with van der Waals surface area (Å²) in [5.41, 5.74) is 6.39. The van der Waals surface area contributed by atoms with E-state index in [-0.39, 0.29) is 11.5 Å². The van der Waals surface area contributed by atoms with E-state index in [0.717, 1.165) is 11.3 Å². The molecule has 142 valence electrons. The topological polar surface area (TPSA) is 102 Å². The molecule has 0 aliphatic carbocycles. The van der Waals surface area contributed by atoms with Gasteiger partial charge in [-0.25, -0.2) is 9.67 Å². The van der Waals surface area contributed by atoms with Crippen molar-refractivity contribution in [1.82, 2.24) is 30.6 Å². The molecule has 0 fully saturated rings. The Morgan fingerprint density at radius 3 is 2.10 bits per heavy atom. The van der Waals surface area contributed by atoms with Crippen molar-refractivity contribution in [3.63, 3.8) is 0 Å². The van der Waals surface area contributed by atoms with Crippen molar-refractivity contribution in [3.8, 4) is 17.1 Å². The highest BCUT2D eigenvalue weighted by atomic mass is 16.2. The van der Waals surface area contributed by atoms with Gasteiger partial charge >= 0.3 is 5.91 Å². The fourth-order valence-corrected chi connectivity index (χ4v) is 2.66. The van der Waals surface area contributed by atoms with Crippen LogP contribution in [0.5, 0.6) is 0 Å². The number of carbonyl (C=O) groups is 2. The van der Waals surface area contributed by atoms with Crippen molar-refractivity contribution in [1.29, 1.82) is 0 Å². The number of benzene rings is 2. The number of hydrazine groups is 1. The second kappa shape index (κ2) is 8.13. The maximum absolute atomic E-state index is 12.5. The van der Waals surface area contributed by atoms with E-state index in [2.05, 4.69) is 25.9 Å². The summed E-state index contributed by atoms with van der Waals surface area (Å²) < 4.78 is 1.59. The second-order valence-corrected chi connectivity index (χ2v) is 6.00. The largest absolute Gasteiger partial charge is 0.309 e. The molecule has 0 atom stereocenters. The molecule has 2 heterocycles. The van der Waals surface area contributed by atoms with Crippen LogP contribution in [0.4, 0.5) is 0 Å². The van der Waals surface area contributed by atoms with Crippen LogP contribution in [0.3, 0.4) is 0 Å². The van der Waals surface area contributed by atoms with Crippen LogP contribution < -0.4 is 10.9 Å². The van der Waals surface area contributed by atoms with Crippen LogP contribution in [0.15, 0.2) is 85.1 Å². The predicted molar refractivity (Wildman–Crippen MR) is 106 cm³/mol. The first-order chi connectivity index (χ1) is 14.2. The Labute approximate surface area is 166 Å². The lowest BCUT2D eigenvalue weighted by molar-refractivity contribution is 0.0838. The second-order valence-electron chi connectivity index (χ2n) is 6.00. The number of nitrogens with zero attached hydrogens (tertiary/aromatic N) is 4. The first-order valence-corrected chi connectivity index (χ1v) is 8.82. The summed E-state index contributed by atoms with van der Waals surface area (Å²) in [5, 5.41) is 4.33. The number of hydrogen-bond donors (Lipinski definition) is 2. The number of nitrogens with one attached hydrogen (secondary N) is 2. The first kappa shape index (κ1) is 18.1. The molecular weight excluding hydrogens is 368 g/mol. The summed E-state index contributed by atoms with van der Waals surface area (Å²) in [6.45, 7) is 0. The smallest absolute Gasteiger partial charge is 0.266 e. The summed E-state index contributed by atoms with van der Waals surface area (Å²) in [5.74, 6) is -0.738. The van der Waals surface area contributed by atoms with Gasteiger partial charge in [-0.15, -0.1) is 5.10 Å². The lowest BCUT2D eigenvalue weighted by Crippen LogP contribution is -2.42. The summed E-state index contributed by atoms with van der Waals surface area (Å²) in [6, 6.07) is 23.7. The van der Waals surface area contributed by atoms with Gasteiger partial charge in [0, 0.05) is 11.8 Å². The number of carbonyl (C=O) groups excluding carboxylic acids is 2. The van der Waals surface area contributed by atoms with E-state index in [1.165, 1.54) is 12.3 Å². The number of hydrogen-bond acceptors (Lipinski definition) is 5. The molecule has 29 heavy (non-hydrogen) atoms. The fraction of sp³-hybridized carbons (Fsp3) is 0. The van der Waals surface area contributed by atoms with Crippen LogP contribution in [0.1, 0.15) is 21.1 Å². The van der Waals surface area contributed by atoms with E-state index in [1.807, 2.05) is 60.7 Å². The van der Waals surface area contributed by atoms with Crippen LogP contribution >= 0.6 is 0 Å². The highest BCUT2D eigenvalue weighted by Gasteiger charge is 2.19. The van der Waals surface area contributed by atoms with E-state index in [1.54, 1.807) is 16.8 Å². The van der Waals surface area contributed by atoms with Gasteiger partial charge in [0.2, 0.25) is 5.82 Å². The summed E-state index contributed by atoms with van der Waals surface area (Å²) >= 11 is 0. The van der Waals surface area contributed by atoms with Crippen molar-refractivity contribution in [2.45, 2.75) is 0 Å². The Kier molecular flexibility index (Phi) is 5.06. The van der Waals surface area contributed by atoms with Crippen LogP contribution in [0.2, 0.25) is 0 Å². The summed E-state index contributed by atoms with van der Waals surface area (Å²) in [7, 11) is 0. The third kappa shape index (κ3) is 4.01. The lowest BCUT2D eigenvalue weighted by Gasteiger charge is -2.05. The monoisotopic (exact) mass is 384 g/mol. The molecule has 8 heteroatoms. The average Bonchev–Trinajstić information content (AvgIpc) is 3.25. The molecule has 0 aliphatic rings. The van der Waals surface area contributed by atoms with Gasteiger partial charge in [-0.3, -0.25) is 25.4 Å². The van der Waals surface area contributed by atoms with Crippen molar-refractivity contribution in [3.05, 3.63) is 96.6 Å². The normalized spacial score (nSPS) is 10.3. The first-order valence-electron chi connectivity index (χ1n) is 8.82. The molecule has 0 saturated heterocycles. The molecule has 4 aromatic rings. The number of pyridine rings is 1. The minimum absolute atomic E-state index is 0.0750. The van der Waals surface area contributed by atoms with Gasteiger partial charge in [-0.1, -0.05) is 54.6 Å². The minimum atomic E-state index is -0.638. The van der Waals surface area contributed by atoms with Gasteiger partial charge in [-0.2, -0.15) is 0 Å². The zero-order valence-corrected chi connectivity index (χ0v) is 15.2. The van der Waals surface area contributed by atoms with Gasteiger partial charge in [0.15, 0.2) is 5.82 Å². The lowest BCUT2D eigenvalue weighted by atomic mass is 10.2.